The average molecular weight is 383 g/mol. The van der Waals surface area contributed by atoms with Gasteiger partial charge < -0.3 is 5.32 Å². The van der Waals surface area contributed by atoms with Crippen LogP contribution >= 0.6 is 11.3 Å². The molecule has 2 aromatic carbocycles. The summed E-state index contributed by atoms with van der Waals surface area (Å²) in [5, 5.41) is 6.52. The Morgan fingerprint density at radius 3 is 2.68 bits per heavy atom. The Kier molecular flexibility index (Phi) is 4.10. The summed E-state index contributed by atoms with van der Waals surface area (Å²) in [6, 6.07) is 20.2. The Morgan fingerprint density at radius 1 is 1.00 bits per heavy atom. The maximum Gasteiger partial charge on any atom is 0.141 e. The molecule has 6 heteroatoms. The monoisotopic (exact) mass is 383 g/mol. The molecule has 0 fully saturated rings. The fraction of sp³-hybridized carbons (Fsp3) is 0.0455. The second kappa shape index (κ2) is 6.90. The number of imidazole rings is 1. The van der Waals surface area contributed by atoms with E-state index in [0.717, 1.165) is 38.6 Å². The molecule has 0 saturated carbocycles. The summed E-state index contributed by atoms with van der Waals surface area (Å²) < 4.78 is 2.17. The number of nitrogens with one attached hydrogen (secondary N) is 1. The largest absolute Gasteiger partial charge is 0.356 e. The molecule has 0 aliphatic heterocycles. The van der Waals surface area contributed by atoms with Crippen LogP contribution in [0.3, 0.4) is 0 Å². The van der Waals surface area contributed by atoms with E-state index in [1.807, 2.05) is 53.9 Å². The predicted octanol–water partition coefficient (Wildman–Crippen LogP) is 5.37. The zero-order valence-electron chi connectivity index (χ0n) is 15.0. The number of hydrogen-bond acceptors (Lipinski definition) is 5. The van der Waals surface area contributed by atoms with Gasteiger partial charge in [-0.2, -0.15) is 0 Å². The molecule has 136 valence electrons. The van der Waals surface area contributed by atoms with Gasteiger partial charge in [0.15, 0.2) is 0 Å². The van der Waals surface area contributed by atoms with Crippen molar-refractivity contribution in [3.05, 3.63) is 90.9 Å². The summed E-state index contributed by atoms with van der Waals surface area (Å²) in [4.78, 5) is 14.6. The Balaban J connectivity index is 1.67. The van der Waals surface area contributed by atoms with Gasteiger partial charge in [-0.15, -0.1) is 17.9 Å². The van der Waals surface area contributed by atoms with Crippen LogP contribution in [0.1, 0.15) is 11.9 Å². The highest BCUT2D eigenvalue weighted by Crippen LogP contribution is 2.30. The minimum Gasteiger partial charge on any atom is -0.356 e. The van der Waals surface area contributed by atoms with E-state index < -0.39 is 0 Å². The lowest BCUT2D eigenvalue weighted by Crippen LogP contribution is -2.15. The van der Waals surface area contributed by atoms with Crippen molar-refractivity contribution in [2.75, 3.05) is 5.32 Å². The molecule has 3 heterocycles. The van der Waals surface area contributed by atoms with Crippen LogP contribution < -0.4 is 5.32 Å². The molecule has 0 bridgehead atoms. The third-order valence-corrected chi connectivity index (χ3v) is 5.49. The zero-order chi connectivity index (χ0) is 18.9. The van der Waals surface area contributed by atoms with Crippen LogP contribution in [-0.2, 0) is 0 Å². The van der Waals surface area contributed by atoms with E-state index in [4.69, 9.17) is 4.98 Å². The second-order valence-electron chi connectivity index (χ2n) is 6.35. The molecular formula is C22H17N5S. The van der Waals surface area contributed by atoms with Crippen molar-refractivity contribution in [1.82, 2.24) is 19.5 Å². The first-order chi connectivity index (χ1) is 13.8. The van der Waals surface area contributed by atoms with Gasteiger partial charge in [-0.3, -0.25) is 4.57 Å². The van der Waals surface area contributed by atoms with E-state index in [9.17, 15) is 0 Å². The Bertz CT molecular complexity index is 1270. The summed E-state index contributed by atoms with van der Waals surface area (Å²) in [6.45, 7) is 4.05. The molecule has 5 rings (SSSR count). The third kappa shape index (κ3) is 2.75. The molecule has 0 radical (unpaired) electrons. The lowest BCUT2D eigenvalue weighted by atomic mass is 10.2. The van der Waals surface area contributed by atoms with Crippen LogP contribution in [0.2, 0.25) is 0 Å². The number of aromatic nitrogens is 4. The maximum absolute atomic E-state index is 4.91. The molecule has 1 N–H and O–H groups in total. The normalized spacial score (nSPS) is 12.3. The van der Waals surface area contributed by atoms with Gasteiger partial charge in [-0.05, 0) is 35.7 Å². The van der Waals surface area contributed by atoms with Gasteiger partial charge in [0.2, 0.25) is 0 Å². The molecule has 1 atom stereocenters. The summed E-state index contributed by atoms with van der Waals surface area (Å²) >= 11 is 1.60. The van der Waals surface area contributed by atoms with Gasteiger partial charge in [-0.25, -0.2) is 15.0 Å². The van der Waals surface area contributed by atoms with Gasteiger partial charge in [0.25, 0.3) is 0 Å². The zero-order valence-corrected chi connectivity index (χ0v) is 15.8. The summed E-state index contributed by atoms with van der Waals surface area (Å²) in [7, 11) is 0. The smallest absolute Gasteiger partial charge is 0.141 e. The molecule has 5 nitrogen and oxygen atoms in total. The average Bonchev–Trinajstić information content (AvgIpc) is 3.37. The van der Waals surface area contributed by atoms with E-state index in [2.05, 4.69) is 44.6 Å². The van der Waals surface area contributed by atoms with Crippen molar-refractivity contribution < 1.29 is 0 Å². The molecular weight excluding hydrogens is 366 g/mol. The molecule has 0 saturated heterocycles. The topological polar surface area (TPSA) is 55.6 Å². The van der Waals surface area contributed by atoms with Crippen molar-refractivity contribution >= 4 is 38.4 Å². The fourth-order valence-electron chi connectivity index (χ4n) is 3.38. The van der Waals surface area contributed by atoms with Crippen LogP contribution in [0.15, 0.2) is 85.0 Å². The van der Waals surface area contributed by atoms with Crippen LogP contribution in [0.5, 0.6) is 0 Å². The van der Waals surface area contributed by atoms with Gasteiger partial charge in [0.1, 0.15) is 28.8 Å². The van der Waals surface area contributed by atoms with Crippen molar-refractivity contribution in [3.63, 3.8) is 0 Å². The Hall–Kier alpha value is -3.51. The van der Waals surface area contributed by atoms with Crippen molar-refractivity contribution in [1.29, 1.82) is 0 Å². The minimum atomic E-state index is -0.217. The SMILES string of the molecule is C=CC(Nc1ncnc2sccc12)c1nc2ccccc2n1-c1ccccc1. The summed E-state index contributed by atoms with van der Waals surface area (Å²) in [5.41, 5.74) is 3.06. The van der Waals surface area contributed by atoms with E-state index >= 15 is 0 Å². The lowest BCUT2D eigenvalue weighted by molar-refractivity contribution is 0.831. The summed E-state index contributed by atoms with van der Waals surface area (Å²) in [5.74, 6) is 1.65. The molecule has 0 spiro atoms. The van der Waals surface area contributed by atoms with E-state index in [0.29, 0.717) is 0 Å². The molecule has 0 aliphatic rings. The van der Waals surface area contributed by atoms with Gasteiger partial charge >= 0.3 is 0 Å². The number of thiophene rings is 1. The van der Waals surface area contributed by atoms with Crippen LogP contribution in [0.25, 0.3) is 26.9 Å². The van der Waals surface area contributed by atoms with E-state index in [1.54, 1.807) is 17.7 Å². The van der Waals surface area contributed by atoms with Gasteiger partial charge in [0.05, 0.1) is 16.4 Å². The predicted molar refractivity (Wildman–Crippen MR) is 115 cm³/mol. The van der Waals surface area contributed by atoms with Gasteiger partial charge in [0, 0.05) is 5.69 Å². The lowest BCUT2D eigenvalue weighted by Gasteiger charge is -2.18. The molecule has 1 unspecified atom stereocenters. The number of benzene rings is 2. The number of fused-ring (bicyclic) bond motifs is 2. The highest BCUT2D eigenvalue weighted by Gasteiger charge is 2.20. The molecule has 5 aromatic rings. The highest BCUT2D eigenvalue weighted by atomic mass is 32.1. The second-order valence-corrected chi connectivity index (χ2v) is 7.24. The molecule has 28 heavy (non-hydrogen) atoms. The number of hydrogen-bond donors (Lipinski definition) is 1. The number of nitrogens with zero attached hydrogens (tertiary/aromatic N) is 4. The van der Waals surface area contributed by atoms with Crippen molar-refractivity contribution in [3.8, 4) is 5.69 Å². The highest BCUT2D eigenvalue weighted by molar-refractivity contribution is 7.16. The first-order valence-electron chi connectivity index (χ1n) is 8.95. The fourth-order valence-corrected chi connectivity index (χ4v) is 4.12. The first kappa shape index (κ1) is 16.6. The number of anilines is 1. The standard InChI is InChI=1S/C22H17N5S/c1-2-17(25-20-16-12-13-28-22(16)24-14-23-20)21-26-18-10-6-7-11-19(18)27(21)15-8-4-3-5-9-15/h2-14,17H,1H2,(H,23,24,25). The Labute approximate surface area is 166 Å². The van der Waals surface area contributed by atoms with Gasteiger partial charge in [-0.1, -0.05) is 36.4 Å². The summed E-state index contributed by atoms with van der Waals surface area (Å²) in [6.07, 6.45) is 3.45. The first-order valence-corrected chi connectivity index (χ1v) is 9.83. The molecule has 3 aromatic heterocycles. The Morgan fingerprint density at radius 2 is 1.82 bits per heavy atom. The van der Waals surface area contributed by atoms with Crippen molar-refractivity contribution in [2.24, 2.45) is 0 Å². The number of para-hydroxylation sites is 3. The third-order valence-electron chi connectivity index (χ3n) is 4.67. The van der Waals surface area contributed by atoms with E-state index in [1.165, 1.54) is 0 Å². The van der Waals surface area contributed by atoms with Crippen LogP contribution in [0.4, 0.5) is 5.82 Å². The molecule has 0 amide bonds. The molecule has 0 aliphatic carbocycles. The van der Waals surface area contributed by atoms with Crippen LogP contribution in [-0.4, -0.2) is 19.5 Å². The maximum atomic E-state index is 4.91. The number of rotatable bonds is 5. The van der Waals surface area contributed by atoms with E-state index in [-0.39, 0.29) is 6.04 Å². The van der Waals surface area contributed by atoms with Crippen molar-refractivity contribution in [2.45, 2.75) is 6.04 Å². The van der Waals surface area contributed by atoms with Crippen LogP contribution in [0, 0.1) is 0 Å². The minimum absolute atomic E-state index is 0.217. The quantitative estimate of drug-likeness (QED) is 0.415.